The van der Waals surface area contributed by atoms with Gasteiger partial charge >= 0.3 is 0 Å². The number of aryl methyl sites for hydroxylation is 1. The first-order valence-electron chi connectivity index (χ1n) is 9.21. The van der Waals surface area contributed by atoms with Gasteiger partial charge in [0.05, 0.1) is 0 Å². The van der Waals surface area contributed by atoms with E-state index < -0.39 is 6.10 Å². The second kappa shape index (κ2) is 8.52. The van der Waals surface area contributed by atoms with Crippen molar-refractivity contribution in [2.24, 2.45) is 0 Å². The maximum Gasteiger partial charge on any atom is 0.265 e. The number of carbonyl (C=O) groups is 1. The lowest BCUT2D eigenvalue weighted by Crippen LogP contribution is -2.30. The number of hydrogen-bond donors (Lipinski definition) is 1. The van der Waals surface area contributed by atoms with Crippen LogP contribution in [0.5, 0.6) is 5.75 Å². The first-order chi connectivity index (χ1) is 12.7. The Morgan fingerprint density at radius 1 is 1.00 bits per heavy atom. The quantitative estimate of drug-likeness (QED) is 0.605. The minimum Gasteiger partial charge on any atom is -0.481 e. The number of nitrogens with one attached hydrogen (secondary N) is 1. The van der Waals surface area contributed by atoms with Gasteiger partial charge in [-0.05, 0) is 60.4 Å². The van der Waals surface area contributed by atoms with Crippen molar-refractivity contribution in [1.29, 1.82) is 0 Å². The molecule has 0 spiro atoms. The molecule has 0 aliphatic rings. The van der Waals surface area contributed by atoms with Crippen LogP contribution in [-0.2, 0) is 11.2 Å². The van der Waals surface area contributed by atoms with E-state index in [0.29, 0.717) is 5.75 Å². The van der Waals surface area contributed by atoms with E-state index in [1.54, 1.807) is 6.92 Å². The Kier molecular flexibility index (Phi) is 5.90. The van der Waals surface area contributed by atoms with Gasteiger partial charge in [0.15, 0.2) is 6.10 Å². The number of unbranched alkanes of at least 4 members (excludes halogenated alkanes) is 1. The first kappa shape index (κ1) is 18.0. The molecular formula is C23H25NO2. The van der Waals surface area contributed by atoms with Gasteiger partial charge in [-0.15, -0.1) is 0 Å². The molecule has 0 radical (unpaired) electrons. The van der Waals surface area contributed by atoms with E-state index in [1.165, 1.54) is 18.4 Å². The van der Waals surface area contributed by atoms with Crippen molar-refractivity contribution < 1.29 is 9.53 Å². The van der Waals surface area contributed by atoms with E-state index in [0.717, 1.165) is 22.9 Å². The number of benzene rings is 3. The van der Waals surface area contributed by atoms with Crippen LogP contribution in [0, 0.1) is 0 Å². The second-order valence-electron chi connectivity index (χ2n) is 6.56. The molecule has 134 valence electrons. The molecule has 3 heteroatoms. The van der Waals surface area contributed by atoms with Crippen LogP contribution >= 0.6 is 0 Å². The Morgan fingerprint density at radius 2 is 1.73 bits per heavy atom. The lowest BCUT2D eigenvalue weighted by molar-refractivity contribution is -0.122. The van der Waals surface area contributed by atoms with Crippen LogP contribution in [0.3, 0.4) is 0 Å². The smallest absolute Gasteiger partial charge is 0.265 e. The predicted octanol–water partition coefficient (Wildman–Crippen LogP) is 5.59. The van der Waals surface area contributed by atoms with Crippen molar-refractivity contribution in [3.05, 3.63) is 72.3 Å². The van der Waals surface area contributed by atoms with Crippen LogP contribution < -0.4 is 10.1 Å². The third kappa shape index (κ3) is 4.63. The molecule has 0 aliphatic heterocycles. The van der Waals surface area contributed by atoms with Crippen LogP contribution in [-0.4, -0.2) is 12.0 Å². The Labute approximate surface area is 155 Å². The summed E-state index contributed by atoms with van der Waals surface area (Å²) in [6.45, 7) is 3.95. The molecule has 1 N–H and O–H groups in total. The Balaban J connectivity index is 1.59. The SMILES string of the molecule is CCCCc1ccc(NC(=O)[C@H](C)Oc2ccc3ccccc3c2)cc1. The van der Waals surface area contributed by atoms with Crippen LogP contribution in [0.1, 0.15) is 32.3 Å². The fraction of sp³-hybridized carbons (Fsp3) is 0.261. The molecule has 0 aromatic heterocycles. The molecule has 3 aromatic rings. The number of rotatable bonds is 7. The molecule has 0 heterocycles. The van der Waals surface area contributed by atoms with Crippen molar-refractivity contribution in [3.63, 3.8) is 0 Å². The van der Waals surface area contributed by atoms with Crippen LogP contribution in [0.2, 0.25) is 0 Å². The molecule has 3 rings (SSSR count). The highest BCUT2D eigenvalue weighted by molar-refractivity contribution is 5.94. The van der Waals surface area contributed by atoms with E-state index in [4.69, 9.17) is 4.74 Å². The molecule has 0 bridgehead atoms. The number of ether oxygens (including phenoxy) is 1. The maximum absolute atomic E-state index is 12.4. The number of anilines is 1. The van der Waals surface area contributed by atoms with Gasteiger partial charge in [0.2, 0.25) is 0 Å². The molecule has 0 saturated carbocycles. The minimum absolute atomic E-state index is 0.153. The number of fused-ring (bicyclic) bond motifs is 1. The summed E-state index contributed by atoms with van der Waals surface area (Å²) >= 11 is 0. The van der Waals surface area contributed by atoms with Crippen molar-refractivity contribution in [3.8, 4) is 5.75 Å². The van der Waals surface area contributed by atoms with E-state index in [-0.39, 0.29) is 5.91 Å². The van der Waals surface area contributed by atoms with Gasteiger partial charge in [0, 0.05) is 5.69 Å². The second-order valence-corrected chi connectivity index (χ2v) is 6.56. The van der Waals surface area contributed by atoms with Crippen molar-refractivity contribution >= 4 is 22.4 Å². The fourth-order valence-electron chi connectivity index (χ4n) is 2.88. The van der Waals surface area contributed by atoms with Gasteiger partial charge in [-0.3, -0.25) is 4.79 Å². The zero-order valence-electron chi connectivity index (χ0n) is 15.4. The average Bonchev–Trinajstić information content (AvgIpc) is 2.67. The first-order valence-corrected chi connectivity index (χ1v) is 9.21. The van der Waals surface area contributed by atoms with E-state index in [9.17, 15) is 4.79 Å². The zero-order valence-corrected chi connectivity index (χ0v) is 15.4. The monoisotopic (exact) mass is 347 g/mol. The van der Waals surface area contributed by atoms with Gasteiger partial charge in [0.25, 0.3) is 5.91 Å². The molecule has 26 heavy (non-hydrogen) atoms. The summed E-state index contributed by atoms with van der Waals surface area (Å²) in [4.78, 5) is 12.4. The third-order valence-electron chi connectivity index (χ3n) is 4.44. The Hall–Kier alpha value is -2.81. The van der Waals surface area contributed by atoms with E-state index in [1.807, 2.05) is 48.5 Å². The van der Waals surface area contributed by atoms with E-state index >= 15 is 0 Å². The summed E-state index contributed by atoms with van der Waals surface area (Å²) in [7, 11) is 0. The number of amides is 1. The van der Waals surface area contributed by atoms with Gasteiger partial charge in [-0.2, -0.15) is 0 Å². The molecule has 0 aliphatic carbocycles. The van der Waals surface area contributed by atoms with Crippen LogP contribution in [0.25, 0.3) is 10.8 Å². The lowest BCUT2D eigenvalue weighted by Gasteiger charge is -2.15. The molecule has 1 atom stereocenters. The minimum atomic E-state index is -0.573. The predicted molar refractivity (Wildman–Crippen MR) is 108 cm³/mol. The molecule has 3 aromatic carbocycles. The molecular weight excluding hydrogens is 322 g/mol. The Bertz CT molecular complexity index is 871. The zero-order chi connectivity index (χ0) is 18.4. The molecule has 1 amide bonds. The normalized spacial score (nSPS) is 11.9. The summed E-state index contributed by atoms with van der Waals surface area (Å²) in [5.74, 6) is 0.542. The molecule has 0 saturated heterocycles. The topological polar surface area (TPSA) is 38.3 Å². The van der Waals surface area contributed by atoms with Crippen LogP contribution in [0.4, 0.5) is 5.69 Å². The molecule has 0 fully saturated rings. The summed E-state index contributed by atoms with van der Waals surface area (Å²) in [6, 6.07) is 22.0. The maximum atomic E-state index is 12.4. The molecule has 0 unspecified atom stereocenters. The van der Waals surface area contributed by atoms with Crippen LogP contribution in [0.15, 0.2) is 66.7 Å². The fourth-order valence-corrected chi connectivity index (χ4v) is 2.88. The number of hydrogen-bond acceptors (Lipinski definition) is 2. The summed E-state index contributed by atoms with van der Waals surface area (Å²) in [5.41, 5.74) is 2.09. The van der Waals surface area contributed by atoms with Crippen molar-refractivity contribution in [2.45, 2.75) is 39.2 Å². The summed E-state index contributed by atoms with van der Waals surface area (Å²) < 4.78 is 5.82. The molecule has 3 nitrogen and oxygen atoms in total. The van der Waals surface area contributed by atoms with Gasteiger partial charge in [-0.25, -0.2) is 0 Å². The standard InChI is InChI=1S/C23H25NO2/c1-3-4-7-18-10-13-21(14-11-18)24-23(25)17(2)26-22-15-12-19-8-5-6-9-20(19)16-22/h5-6,8-17H,3-4,7H2,1-2H3,(H,24,25)/t17-/m0/s1. The highest BCUT2D eigenvalue weighted by atomic mass is 16.5. The van der Waals surface area contributed by atoms with Gasteiger partial charge < -0.3 is 10.1 Å². The summed E-state index contributed by atoms with van der Waals surface area (Å²) in [6.07, 6.45) is 2.87. The Morgan fingerprint density at radius 3 is 2.46 bits per heavy atom. The summed E-state index contributed by atoms with van der Waals surface area (Å²) in [5, 5.41) is 5.17. The average molecular weight is 347 g/mol. The van der Waals surface area contributed by atoms with Crippen molar-refractivity contribution in [2.75, 3.05) is 5.32 Å². The van der Waals surface area contributed by atoms with Gasteiger partial charge in [0.1, 0.15) is 5.75 Å². The van der Waals surface area contributed by atoms with E-state index in [2.05, 4.69) is 30.4 Å². The van der Waals surface area contributed by atoms with Gasteiger partial charge in [-0.1, -0.05) is 55.8 Å². The van der Waals surface area contributed by atoms with Crippen molar-refractivity contribution in [1.82, 2.24) is 0 Å². The third-order valence-corrected chi connectivity index (χ3v) is 4.44. The highest BCUT2D eigenvalue weighted by Gasteiger charge is 2.15. The largest absolute Gasteiger partial charge is 0.481 e. The highest BCUT2D eigenvalue weighted by Crippen LogP contribution is 2.22. The number of carbonyl (C=O) groups excluding carboxylic acids is 1. The lowest BCUT2D eigenvalue weighted by atomic mass is 10.1.